The van der Waals surface area contributed by atoms with Crippen LogP contribution >= 0.6 is 0 Å². The molecule has 86 valence electrons. The van der Waals surface area contributed by atoms with Crippen molar-refractivity contribution in [2.75, 3.05) is 0 Å². The van der Waals surface area contributed by atoms with Crippen molar-refractivity contribution < 1.29 is 4.79 Å². The summed E-state index contributed by atoms with van der Waals surface area (Å²) in [6.45, 7) is 0. The number of allylic oxidation sites excluding steroid dienone is 1. The number of carbonyl (C=O) groups excluding carboxylic acids is 1. The zero-order chi connectivity index (χ0) is 12.8. The summed E-state index contributed by atoms with van der Waals surface area (Å²) in [4.78, 5) is 11.8. The van der Waals surface area contributed by atoms with Crippen LogP contribution in [0.1, 0.15) is 21.5 Å². The zero-order valence-corrected chi connectivity index (χ0v) is 9.71. The van der Waals surface area contributed by atoms with Crippen molar-refractivity contribution in [3.05, 3.63) is 77.4 Å². The van der Waals surface area contributed by atoms with Crippen LogP contribution in [0, 0.1) is 11.3 Å². The van der Waals surface area contributed by atoms with E-state index in [0.29, 0.717) is 11.1 Å². The molecule has 2 rings (SSSR count). The lowest BCUT2D eigenvalue weighted by atomic mass is 10.1. The summed E-state index contributed by atoms with van der Waals surface area (Å²) in [5, 5.41) is 8.78. The maximum Gasteiger partial charge on any atom is 0.185 e. The van der Waals surface area contributed by atoms with Crippen molar-refractivity contribution in [3.63, 3.8) is 0 Å². The first kappa shape index (κ1) is 11.8. The molecule has 0 fully saturated rings. The van der Waals surface area contributed by atoms with Gasteiger partial charge in [-0.1, -0.05) is 48.5 Å². The Kier molecular flexibility index (Phi) is 3.68. The molecule has 0 amide bonds. The summed E-state index contributed by atoms with van der Waals surface area (Å²) >= 11 is 0. The van der Waals surface area contributed by atoms with Gasteiger partial charge in [0.25, 0.3) is 0 Å². The molecule has 2 nitrogen and oxygen atoms in total. The van der Waals surface area contributed by atoms with E-state index < -0.39 is 0 Å². The molecule has 2 aromatic carbocycles. The third kappa shape index (κ3) is 2.93. The van der Waals surface area contributed by atoms with Crippen LogP contribution in [0.5, 0.6) is 0 Å². The predicted molar refractivity (Wildman–Crippen MR) is 71.0 cm³/mol. The fraction of sp³-hybridized carbons (Fsp3) is 0. The normalized spacial score (nSPS) is 10.2. The topological polar surface area (TPSA) is 40.9 Å². The summed E-state index contributed by atoms with van der Waals surface area (Å²) < 4.78 is 0. The van der Waals surface area contributed by atoms with E-state index in [-0.39, 0.29) is 5.78 Å². The fourth-order valence-electron chi connectivity index (χ4n) is 1.58. The second-order valence-corrected chi connectivity index (χ2v) is 3.80. The molecule has 0 radical (unpaired) electrons. The van der Waals surface area contributed by atoms with E-state index in [0.717, 1.165) is 5.56 Å². The lowest BCUT2D eigenvalue weighted by Gasteiger charge is -1.95. The zero-order valence-electron chi connectivity index (χ0n) is 9.71. The van der Waals surface area contributed by atoms with Crippen molar-refractivity contribution in [2.45, 2.75) is 0 Å². The minimum Gasteiger partial charge on any atom is -0.289 e. The minimum absolute atomic E-state index is 0.0436. The van der Waals surface area contributed by atoms with Gasteiger partial charge in [-0.2, -0.15) is 5.26 Å². The van der Waals surface area contributed by atoms with Crippen LogP contribution in [-0.2, 0) is 0 Å². The van der Waals surface area contributed by atoms with E-state index in [1.807, 2.05) is 24.3 Å². The van der Waals surface area contributed by atoms with Crippen LogP contribution < -0.4 is 0 Å². The van der Waals surface area contributed by atoms with Gasteiger partial charge in [0.2, 0.25) is 0 Å². The van der Waals surface area contributed by atoms with E-state index in [9.17, 15) is 4.79 Å². The summed E-state index contributed by atoms with van der Waals surface area (Å²) in [6, 6.07) is 18.3. The molecule has 0 saturated heterocycles. The molecular formula is C16H11NO. The number of hydrogen-bond donors (Lipinski definition) is 0. The molecule has 0 atom stereocenters. The summed E-state index contributed by atoms with van der Waals surface area (Å²) in [5.41, 5.74) is 2.09. The molecule has 0 aliphatic carbocycles. The largest absolute Gasteiger partial charge is 0.289 e. The monoisotopic (exact) mass is 233 g/mol. The minimum atomic E-state index is -0.0436. The fourth-order valence-corrected chi connectivity index (χ4v) is 1.58. The van der Waals surface area contributed by atoms with Crippen molar-refractivity contribution in [1.29, 1.82) is 5.26 Å². The van der Waals surface area contributed by atoms with Gasteiger partial charge in [0.15, 0.2) is 5.78 Å². The van der Waals surface area contributed by atoms with Gasteiger partial charge in [-0.3, -0.25) is 4.79 Å². The van der Waals surface area contributed by atoms with E-state index in [1.165, 1.54) is 6.08 Å². The van der Waals surface area contributed by atoms with Gasteiger partial charge in [0.05, 0.1) is 11.6 Å². The van der Waals surface area contributed by atoms with Crippen LogP contribution in [0.3, 0.4) is 0 Å². The SMILES string of the molecule is N#Cc1cccc(C=CC(=O)c2ccccc2)c1. The lowest BCUT2D eigenvalue weighted by Crippen LogP contribution is -1.92. The van der Waals surface area contributed by atoms with Gasteiger partial charge in [-0.25, -0.2) is 0 Å². The molecule has 0 aliphatic heterocycles. The van der Waals surface area contributed by atoms with Crippen LogP contribution in [0.15, 0.2) is 60.7 Å². The lowest BCUT2D eigenvalue weighted by molar-refractivity contribution is 0.104. The molecule has 0 heterocycles. The van der Waals surface area contributed by atoms with Crippen molar-refractivity contribution in [2.24, 2.45) is 0 Å². The Hall–Kier alpha value is -2.66. The molecule has 0 spiro atoms. The average Bonchev–Trinajstić information content (AvgIpc) is 2.46. The molecule has 0 aromatic heterocycles. The van der Waals surface area contributed by atoms with Crippen LogP contribution in [0.25, 0.3) is 6.08 Å². The number of nitrogens with zero attached hydrogens (tertiary/aromatic N) is 1. The molecule has 0 saturated carbocycles. The molecule has 2 heteroatoms. The Morgan fingerprint density at radius 2 is 1.83 bits per heavy atom. The molecule has 0 aliphatic rings. The van der Waals surface area contributed by atoms with E-state index >= 15 is 0 Å². The van der Waals surface area contributed by atoms with Crippen molar-refractivity contribution >= 4 is 11.9 Å². The molecule has 18 heavy (non-hydrogen) atoms. The summed E-state index contributed by atoms with van der Waals surface area (Å²) in [6.07, 6.45) is 3.24. The average molecular weight is 233 g/mol. The smallest absolute Gasteiger partial charge is 0.185 e. The molecule has 0 N–H and O–H groups in total. The predicted octanol–water partition coefficient (Wildman–Crippen LogP) is 3.45. The standard InChI is InChI=1S/C16H11NO/c17-12-14-6-4-5-13(11-14)9-10-16(18)15-7-2-1-3-8-15/h1-11H. The second-order valence-electron chi connectivity index (χ2n) is 3.80. The van der Waals surface area contributed by atoms with Crippen LogP contribution in [0.2, 0.25) is 0 Å². The number of carbonyl (C=O) groups is 1. The number of hydrogen-bond acceptors (Lipinski definition) is 2. The van der Waals surface area contributed by atoms with Crippen LogP contribution in [0.4, 0.5) is 0 Å². The number of rotatable bonds is 3. The third-order valence-corrected chi connectivity index (χ3v) is 2.50. The Bertz CT molecular complexity index is 621. The highest BCUT2D eigenvalue weighted by molar-refractivity contribution is 6.06. The molecular weight excluding hydrogens is 222 g/mol. The third-order valence-electron chi connectivity index (χ3n) is 2.50. The van der Waals surface area contributed by atoms with Gasteiger partial charge in [-0.05, 0) is 23.8 Å². The first-order valence-electron chi connectivity index (χ1n) is 5.57. The van der Waals surface area contributed by atoms with Gasteiger partial charge < -0.3 is 0 Å². The molecule has 0 unspecified atom stereocenters. The number of benzene rings is 2. The Morgan fingerprint density at radius 1 is 1.06 bits per heavy atom. The van der Waals surface area contributed by atoms with Crippen LogP contribution in [-0.4, -0.2) is 5.78 Å². The quantitative estimate of drug-likeness (QED) is 0.601. The first-order valence-corrected chi connectivity index (χ1v) is 5.57. The molecule has 2 aromatic rings. The Balaban J connectivity index is 2.16. The van der Waals surface area contributed by atoms with Gasteiger partial charge >= 0.3 is 0 Å². The first-order chi connectivity index (χ1) is 8.79. The summed E-state index contributed by atoms with van der Waals surface area (Å²) in [5.74, 6) is -0.0436. The maximum absolute atomic E-state index is 11.8. The van der Waals surface area contributed by atoms with Gasteiger partial charge in [0.1, 0.15) is 0 Å². The Morgan fingerprint density at radius 3 is 2.56 bits per heavy atom. The van der Waals surface area contributed by atoms with Crippen molar-refractivity contribution in [3.8, 4) is 6.07 Å². The van der Waals surface area contributed by atoms with E-state index in [4.69, 9.17) is 5.26 Å². The summed E-state index contributed by atoms with van der Waals surface area (Å²) in [7, 11) is 0. The van der Waals surface area contributed by atoms with E-state index in [2.05, 4.69) is 6.07 Å². The van der Waals surface area contributed by atoms with Gasteiger partial charge in [0, 0.05) is 5.56 Å². The highest BCUT2D eigenvalue weighted by Crippen LogP contribution is 2.08. The Labute approximate surface area is 106 Å². The maximum atomic E-state index is 11.8. The van der Waals surface area contributed by atoms with E-state index in [1.54, 1.807) is 36.4 Å². The number of nitriles is 1. The molecule has 0 bridgehead atoms. The second kappa shape index (κ2) is 5.60. The number of ketones is 1. The van der Waals surface area contributed by atoms with Gasteiger partial charge in [-0.15, -0.1) is 0 Å². The highest BCUT2D eigenvalue weighted by Gasteiger charge is 1.99. The highest BCUT2D eigenvalue weighted by atomic mass is 16.1. The van der Waals surface area contributed by atoms with Crippen molar-refractivity contribution in [1.82, 2.24) is 0 Å².